The van der Waals surface area contributed by atoms with Gasteiger partial charge in [-0.15, -0.1) is 0 Å². The van der Waals surface area contributed by atoms with Gasteiger partial charge in [-0.25, -0.2) is 0 Å². The first kappa shape index (κ1) is 14.7. The third-order valence-corrected chi connectivity index (χ3v) is 2.94. The average molecular weight is 277 g/mol. The molecule has 0 aliphatic heterocycles. The summed E-state index contributed by atoms with van der Waals surface area (Å²) in [5.74, 6) is 6.26. The first-order valence-electron chi connectivity index (χ1n) is 6.55. The second kappa shape index (κ2) is 7.14. The molecule has 0 aliphatic carbocycles. The van der Waals surface area contributed by atoms with E-state index in [2.05, 4.69) is 17.9 Å². The van der Waals surface area contributed by atoms with Crippen LogP contribution < -0.4 is 4.74 Å². The molecule has 0 spiro atoms. The molecule has 3 heteroatoms. The second-order valence-electron chi connectivity index (χ2n) is 4.54. The predicted octanol–water partition coefficient (Wildman–Crippen LogP) is 2.79. The zero-order valence-electron chi connectivity index (χ0n) is 11.8. The van der Waals surface area contributed by atoms with Crippen LogP contribution in [-0.2, 0) is 6.61 Å². The Labute approximate surface area is 124 Å². The smallest absolute Gasteiger partial charge is 0.122 e. The standard InChI is InChI=1S/C18H15NO2/c1-14-10-15(6-3-9-20)7-8-18(14)21-13-17-5-2-4-16(11-17)12-19/h2,4-5,7-8,10-11,20H,9,13H2,1H3. The lowest BCUT2D eigenvalue weighted by Crippen LogP contribution is -1.97. The van der Waals surface area contributed by atoms with Crippen LogP contribution in [0, 0.1) is 30.1 Å². The van der Waals surface area contributed by atoms with Crippen LogP contribution in [0.1, 0.15) is 22.3 Å². The SMILES string of the molecule is Cc1cc(C#CCO)ccc1OCc1cccc(C#N)c1. The maximum absolute atomic E-state index is 8.87. The minimum atomic E-state index is -0.146. The molecular formula is C18H15NO2. The average Bonchev–Trinajstić information content (AvgIpc) is 2.52. The van der Waals surface area contributed by atoms with Crippen LogP contribution in [0.2, 0.25) is 0 Å². The number of aryl methyl sites for hydroxylation is 1. The van der Waals surface area contributed by atoms with Gasteiger partial charge in [0.2, 0.25) is 0 Å². The molecule has 1 N–H and O–H groups in total. The summed E-state index contributed by atoms with van der Waals surface area (Å²) >= 11 is 0. The molecule has 0 heterocycles. The summed E-state index contributed by atoms with van der Waals surface area (Å²) in [7, 11) is 0. The molecule has 0 radical (unpaired) electrons. The molecule has 0 saturated carbocycles. The molecule has 3 nitrogen and oxygen atoms in total. The minimum absolute atomic E-state index is 0.146. The molecule has 2 aromatic rings. The number of nitrogens with zero attached hydrogens (tertiary/aromatic N) is 1. The second-order valence-corrected chi connectivity index (χ2v) is 4.54. The molecule has 2 aromatic carbocycles. The summed E-state index contributed by atoms with van der Waals surface area (Å²) < 4.78 is 5.77. The summed E-state index contributed by atoms with van der Waals surface area (Å²) in [5, 5.41) is 17.6. The lowest BCUT2D eigenvalue weighted by atomic mass is 10.1. The molecule has 2 rings (SSSR count). The van der Waals surface area contributed by atoms with Crippen LogP contribution in [0.25, 0.3) is 0 Å². The minimum Gasteiger partial charge on any atom is -0.489 e. The first-order chi connectivity index (χ1) is 10.2. The van der Waals surface area contributed by atoms with Gasteiger partial charge in [-0.2, -0.15) is 5.26 Å². The Hall–Kier alpha value is -2.75. The van der Waals surface area contributed by atoms with Crippen molar-refractivity contribution in [1.29, 1.82) is 5.26 Å². The Morgan fingerprint density at radius 3 is 2.71 bits per heavy atom. The van der Waals surface area contributed by atoms with Crippen molar-refractivity contribution < 1.29 is 9.84 Å². The quantitative estimate of drug-likeness (QED) is 0.878. The van der Waals surface area contributed by atoms with Crippen molar-refractivity contribution in [3.8, 4) is 23.7 Å². The van der Waals surface area contributed by atoms with Crippen molar-refractivity contribution in [2.24, 2.45) is 0 Å². The van der Waals surface area contributed by atoms with E-state index in [4.69, 9.17) is 15.1 Å². The van der Waals surface area contributed by atoms with Gasteiger partial charge in [-0.3, -0.25) is 0 Å². The molecule has 0 saturated heterocycles. The van der Waals surface area contributed by atoms with Crippen LogP contribution in [0.4, 0.5) is 0 Å². The fraction of sp³-hybridized carbons (Fsp3) is 0.167. The van der Waals surface area contributed by atoms with Gasteiger partial charge in [0.05, 0.1) is 11.6 Å². The number of aliphatic hydroxyl groups is 1. The van der Waals surface area contributed by atoms with Gasteiger partial charge in [0, 0.05) is 5.56 Å². The molecule has 21 heavy (non-hydrogen) atoms. The van der Waals surface area contributed by atoms with Gasteiger partial charge >= 0.3 is 0 Å². The van der Waals surface area contributed by atoms with Crippen LogP contribution in [0.5, 0.6) is 5.75 Å². The highest BCUT2D eigenvalue weighted by Gasteiger charge is 2.02. The van der Waals surface area contributed by atoms with Crippen LogP contribution in [0.15, 0.2) is 42.5 Å². The molecule has 0 aromatic heterocycles. The van der Waals surface area contributed by atoms with Crippen LogP contribution >= 0.6 is 0 Å². The summed E-state index contributed by atoms with van der Waals surface area (Å²) in [5.41, 5.74) is 3.41. The Bertz CT molecular complexity index is 733. The van der Waals surface area contributed by atoms with Crippen molar-refractivity contribution in [2.75, 3.05) is 6.61 Å². The molecule has 0 fully saturated rings. The Morgan fingerprint density at radius 1 is 1.14 bits per heavy atom. The van der Waals surface area contributed by atoms with E-state index in [1.54, 1.807) is 6.07 Å². The number of nitriles is 1. The predicted molar refractivity (Wildman–Crippen MR) is 80.6 cm³/mol. The Morgan fingerprint density at radius 2 is 2.00 bits per heavy atom. The van der Waals surface area contributed by atoms with Gasteiger partial charge in [0.15, 0.2) is 0 Å². The van der Waals surface area contributed by atoms with Gasteiger partial charge in [0.25, 0.3) is 0 Å². The monoisotopic (exact) mass is 277 g/mol. The van der Waals surface area contributed by atoms with E-state index in [1.807, 2.05) is 43.3 Å². The normalized spacial score (nSPS) is 9.38. The van der Waals surface area contributed by atoms with Crippen LogP contribution in [0.3, 0.4) is 0 Å². The number of benzene rings is 2. The molecular weight excluding hydrogens is 262 g/mol. The Balaban J connectivity index is 2.08. The molecule has 0 aliphatic rings. The van der Waals surface area contributed by atoms with E-state index in [0.29, 0.717) is 12.2 Å². The first-order valence-corrected chi connectivity index (χ1v) is 6.55. The third kappa shape index (κ3) is 4.11. The lowest BCUT2D eigenvalue weighted by molar-refractivity contribution is 0.304. The summed E-state index contributed by atoms with van der Waals surface area (Å²) in [6.07, 6.45) is 0. The summed E-state index contributed by atoms with van der Waals surface area (Å²) in [6, 6.07) is 15.1. The number of ether oxygens (including phenoxy) is 1. The van der Waals surface area contributed by atoms with E-state index < -0.39 is 0 Å². The molecule has 0 unspecified atom stereocenters. The van der Waals surface area contributed by atoms with Crippen LogP contribution in [-0.4, -0.2) is 11.7 Å². The highest BCUT2D eigenvalue weighted by Crippen LogP contribution is 2.20. The van der Waals surface area contributed by atoms with Gasteiger partial charge in [-0.1, -0.05) is 24.0 Å². The van der Waals surface area contributed by atoms with Crippen molar-refractivity contribution in [3.05, 3.63) is 64.7 Å². The largest absolute Gasteiger partial charge is 0.489 e. The highest BCUT2D eigenvalue weighted by molar-refractivity contribution is 5.43. The van der Waals surface area contributed by atoms with Gasteiger partial charge in [-0.05, 0) is 48.4 Å². The zero-order chi connectivity index (χ0) is 15.1. The fourth-order valence-corrected chi connectivity index (χ4v) is 1.92. The number of aliphatic hydroxyl groups excluding tert-OH is 1. The molecule has 0 atom stereocenters. The van der Waals surface area contributed by atoms with E-state index in [0.717, 1.165) is 22.4 Å². The van der Waals surface area contributed by atoms with Crippen molar-refractivity contribution in [2.45, 2.75) is 13.5 Å². The topological polar surface area (TPSA) is 53.2 Å². The molecule has 0 bridgehead atoms. The number of rotatable bonds is 3. The lowest BCUT2D eigenvalue weighted by Gasteiger charge is -2.09. The van der Waals surface area contributed by atoms with E-state index in [9.17, 15) is 0 Å². The van der Waals surface area contributed by atoms with Gasteiger partial charge < -0.3 is 9.84 Å². The number of hydrogen-bond acceptors (Lipinski definition) is 3. The van der Waals surface area contributed by atoms with Crippen molar-refractivity contribution in [3.63, 3.8) is 0 Å². The van der Waals surface area contributed by atoms with E-state index in [-0.39, 0.29) is 6.61 Å². The zero-order valence-corrected chi connectivity index (χ0v) is 11.8. The number of hydrogen-bond donors (Lipinski definition) is 1. The fourth-order valence-electron chi connectivity index (χ4n) is 1.92. The van der Waals surface area contributed by atoms with Gasteiger partial charge in [0.1, 0.15) is 19.0 Å². The summed E-state index contributed by atoms with van der Waals surface area (Å²) in [4.78, 5) is 0. The maximum Gasteiger partial charge on any atom is 0.122 e. The Kier molecular flexibility index (Phi) is 4.99. The van der Waals surface area contributed by atoms with Crippen molar-refractivity contribution in [1.82, 2.24) is 0 Å². The summed E-state index contributed by atoms with van der Waals surface area (Å²) in [6.45, 7) is 2.22. The van der Waals surface area contributed by atoms with E-state index in [1.165, 1.54) is 0 Å². The molecule has 0 amide bonds. The highest BCUT2D eigenvalue weighted by atomic mass is 16.5. The molecule has 104 valence electrons. The maximum atomic E-state index is 8.87. The third-order valence-electron chi connectivity index (χ3n) is 2.94. The van der Waals surface area contributed by atoms with Crippen molar-refractivity contribution >= 4 is 0 Å². The van der Waals surface area contributed by atoms with E-state index >= 15 is 0 Å².